The molecule has 1 saturated heterocycles. The molecule has 0 radical (unpaired) electrons. The molecular weight excluding hydrogens is 290 g/mol. The van der Waals surface area contributed by atoms with Crippen molar-refractivity contribution < 1.29 is 9.53 Å². The number of rotatable bonds is 3. The number of aromatic nitrogens is 1. The molecule has 1 fully saturated rings. The molecular formula is C18H21N3O2. The lowest BCUT2D eigenvalue weighted by molar-refractivity contribution is 0.0762. The summed E-state index contributed by atoms with van der Waals surface area (Å²) in [7, 11) is 2.09. The number of hydrogen-bond acceptors (Lipinski definition) is 4. The van der Waals surface area contributed by atoms with Crippen molar-refractivity contribution in [3.63, 3.8) is 0 Å². The van der Waals surface area contributed by atoms with E-state index in [2.05, 4.69) is 16.9 Å². The molecule has 0 saturated carbocycles. The van der Waals surface area contributed by atoms with E-state index >= 15 is 0 Å². The van der Waals surface area contributed by atoms with Crippen LogP contribution < -0.4 is 4.74 Å². The third kappa shape index (κ3) is 4.07. The van der Waals surface area contributed by atoms with Crippen LogP contribution in [0.2, 0.25) is 0 Å². The fourth-order valence-corrected chi connectivity index (χ4v) is 2.65. The van der Waals surface area contributed by atoms with Crippen molar-refractivity contribution in [1.82, 2.24) is 14.8 Å². The molecule has 0 aliphatic carbocycles. The molecule has 0 atom stereocenters. The molecule has 120 valence electrons. The van der Waals surface area contributed by atoms with E-state index in [0.717, 1.165) is 32.6 Å². The third-order valence-electron chi connectivity index (χ3n) is 3.95. The summed E-state index contributed by atoms with van der Waals surface area (Å²) < 4.78 is 5.71. The lowest BCUT2D eigenvalue weighted by Crippen LogP contribution is -2.34. The zero-order valence-corrected chi connectivity index (χ0v) is 13.3. The molecule has 1 aliphatic rings. The molecule has 0 spiro atoms. The van der Waals surface area contributed by atoms with Crippen LogP contribution in [0, 0.1) is 0 Å². The van der Waals surface area contributed by atoms with Crippen molar-refractivity contribution in [3.05, 3.63) is 54.2 Å². The Bertz CT molecular complexity index is 660. The van der Waals surface area contributed by atoms with E-state index in [1.54, 1.807) is 18.3 Å². The van der Waals surface area contributed by atoms with Gasteiger partial charge in [-0.25, -0.2) is 4.98 Å². The number of nitrogens with zero attached hydrogens (tertiary/aromatic N) is 3. The van der Waals surface area contributed by atoms with E-state index in [9.17, 15) is 4.79 Å². The molecule has 3 rings (SSSR count). The zero-order valence-electron chi connectivity index (χ0n) is 13.3. The van der Waals surface area contributed by atoms with Gasteiger partial charge in [-0.2, -0.15) is 0 Å². The highest BCUT2D eigenvalue weighted by molar-refractivity contribution is 5.94. The summed E-state index contributed by atoms with van der Waals surface area (Å²) in [5.41, 5.74) is 0.656. The average Bonchev–Trinajstić information content (AvgIpc) is 2.80. The van der Waals surface area contributed by atoms with Crippen LogP contribution in [0.25, 0.3) is 0 Å². The van der Waals surface area contributed by atoms with Gasteiger partial charge in [0.2, 0.25) is 5.88 Å². The average molecular weight is 311 g/mol. The Morgan fingerprint density at radius 1 is 1.09 bits per heavy atom. The SMILES string of the molecule is CN1CCCN(C(=O)c2cccc(Oc3ccccn3)c2)CC1. The largest absolute Gasteiger partial charge is 0.439 e. The standard InChI is InChI=1S/C18H21N3O2/c1-20-10-5-11-21(13-12-20)18(22)15-6-4-7-16(14-15)23-17-8-2-3-9-19-17/h2-4,6-9,14H,5,10-13H2,1H3. The molecule has 5 heteroatoms. The van der Waals surface area contributed by atoms with Crippen LogP contribution in [0.1, 0.15) is 16.8 Å². The number of benzene rings is 1. The summed E-state index contributed by atoms with van der Waals surface area (Å²) in [6.07, 6.45) is 2.68. The molecule has 23 heavy (non-hydrogen) atoms. The quantitative estimate of drug-likeness (QED) is 0.874. The van der Waals surface area contributed by atoms with E-state index in [4.69, 9.17) is 4.74 Å². The second kappa shape index (κ2) is 7.24. The predicted octanol–water partition coefficient (Wildman–Crippen LogP) is 2.65. The van der Waals surface area contributed by atoms with Gasteiger partial charge in [-0.05, 0) is 44.3 Å². The minimum Gasteiger partial charge on any atom is -0.439 e. The Balaban J connectivity index is 1.72. The maximum Gasteiger partial charge on any atom is 0.254 e. The molecule has 0 N–H and O–H groups in total. The Morgan fingerprint density at radius 3 is 2.83 bits per heavy atom. The van der Waals surface area contributed by atoms with Gasteiger partial charge < -0.3 is 14.5 Å². The zero-order chi connectivity index (χ0) is 16.1. The van der Waals surface area contributed by atoms with Crippen molar-refractivity contribution in [2.24, 2.45) is 0 Å². The molecule has 1 amide bonds. The Morgan fingerprint density at radius 2 is 2.00 bits per heavy atom. The summed E-state index contributed by atoms with van der Waals surface area (Å²) in [5, 5.41) is 0. The van der Waals surface area contributed by atoms with Crippen molar-refractivity contribution >= 4 is 5.91 Å². The fourth-order valence-electron chi connectivity index (χ4n) is 2.65. The minimum absolute atomic E-state index is 0.0618. The molecule has 1 aromatic heterocycles. The fraction of sp³-hybridized carbons (Fsp3) is 0.333. The lowest BCUT2D eigenvalue weighted by atomic mass is 10.2. The summed E-state index contributed by atoms with van der Waals surface area (Å²) in [4.78, 5) is 21.0. The second-order valence-electron chi connectivity index (χ2n) is 5.75. The molecule has 0 bridgehead atoms. The first-order valence-electron chi connectivity index (χ1n) is 7.89. The van der Waals surface area contributed by atoms with Gasteiger partial charge in [-0.15, -0.1) is 0 Å². The molecule has 1 aromatic carbocycles. The number of ether oxygens (including phenoxy) is 1. The van der Waals surface area contributed by atoms with E-state index in [0.29, 0.717) is 17.2 Å². The Labute approximate surface area is 136 Å². The molecule has 2 heterocycles. The number of amides is 1. The van der Waals surface area contributed by atoms with Gasteiger partial charge >= 0.3 is 0 Å². The smallest absolute Gasteiger partial charge is 0.254 e. The van der Waals surface area contributed by atoms with Gasteiger partial charge in [0.25, 0.3) is 5.91 Å². The number of hydrogen-bond donors (Lipinski definition) is 0. The van der Waals surface area contributed by atoms with E-state index in [1.807, 2.05) is 35.2 Å². The summed E-state index contributed by atoms with van der Waals surface area (Å²) in [5.74, 6) is 1.21. The highest BCUT2D eigenvalue weighted by Gasteiger charge is 2.19. The first kappa shape index (κ1) is 15.5. The predicted molar refractivity (Wildman–Crippen MR) is 88.8 cm³/mol. The highest BCUT2D eigenvalue weighted by atomic mass is 16.5. The first-order valence-corrected chi connectivity index (χ1v) is 7.89. The van der Waals surface area contributed by atoms with Crippen molar-refractivity contribution in [1.29, 1.82) is 0 Å². The summed E-state index contributed by atoms with van der Waals surface area (Å²) in [6.45, 7) is 3.51. The van der Waals surface area contributed by atoms with Crippen molar-refractivity contribution in [3.8, 4) is 11.6 Å². The molecule has 0 unspecified atom stereocenters. The maximum absolute atomic E-state index is 12.7. The van der Waals surface area contributed by atoms with Gasteiger partial charge in [0.1, 0.15) is 5.75 Å². The Kier molecular flexibility index (Phi) is 4.88. The summed E-state index contributed by atoms with van der Waals surface area (Å²) in [6, 6.07) is 12.8. The second-order valence-corrected chi connectivity index (χ2v) is 5.75. The van der Waals surface area contributed by atoms with Crippen LogP contribution in [-0.2, 0) is 0 Å². The maximum atomic E-state index is 12.7. The molecule has 5 nitrogen and oxygen atoms in total. The summed E-state index contributed by atoms with van der Waals surface area (Å²) >= 11 is 0. The Hall–Kier alpha value is -2.40. The van der Waals surface area contributed by atoms with Crippen LogP contribution in [0.4, 0.5) is 0 Å². The topological polar surface area (TPSA) is 45.7 Å². The van der Waals surface area contributed by atoms with Crippen LogP contribution in [0.5, 0.6) is 11.6 Å². The highest BCUT2D eigenvalue weighted by Crippen LogP contribution is 2.21. The number of pyridine rings is 1. The number of carbonyl (C=O) groups is 1. The third-order valence-corrected chi connectivity index (χ3v) is 3.95. The minimum atomic E-state index is 0.0618. The van der Waals surface area contributed by atoms with Gasteiger partial charge in [0, 0.05) is 37.5 Å². The molecule has 1 aliphatic heterocycles. The number of carbonyl (C=O) groups excluding carboxylic acids is 1. The monoisotopic (exact) mass is 311 g/mol. The first-order chi connectivity index (χ1) is 11.2. The van der Waals surface area contributed by atoms with E-state index in [1.165, 1.54) is 0 Å². The van der Waals surface area contributed by atoms with Crippen LogP contribution in [0.15, 0.2) is 48.7 Å². The van der Waals surface area contributed by atoms with Crippen LogP contribution in [0.3, 0.4) is 0 Å². The van der Waals surface area contributed by atoms with E-state index < -0.39 is 0 Å². The molecule has 2 aromatic rings. The van der Waals surface area contributed by atoms with Crippen molar-refractivity contribution in [2.45, 2.75) is 6.42 Å². The van der Waals surface area contributed by atoms with Crippen LogP contribution in [-0.4, -0.2) is 53.9 Å². The van der Waals surface area contributed by atoms with E-state index in [-0.39, 0.29) is 5.91 Å². The van der Waals surface area contributed by atoms with Crippen molar-refractivity contribution in [2.75, 3.05) is 33.2 Å². The van der Waals surface area contributed by atoms with Gasteiger partial charge in [0.15, 0.2) is 0 Å². The normalized spacial score (nSPS) is 16.0. The van der Waals surface area contributed by atoms with Gasteiger partial charge in [0.05, 0.1) is 0 Å². The number of likely N-dealkylation sites (N-methyl/N-ethyl adjacent to an activating group) is 1. The van der Waals surface area contributed by atoms with Crippen LogP contribution >= 0.6 is 0 Å². The van der Waals surface area contributed by atoms with Gasteiger partial charge in [-0.1, -0.05) is 12.1 Å². The van der Waals surface area contributed by atoms with Gasteiger partial charge in [-0.3, -0.25) is 4.79 Å². The lowest BCUT2D eigenvalue weighted by Gasteiger charge is -2.20.